The van der Waals surface area contributed by atoms with Gasteiger partial charge in [0, 0.05) is 4.47 Å². The van der Waals surface area contributed by atoms with Gasteiger partial charge in [-0.05, 0) is 28.3 Å². The van der Waals surface area contributed by atoms with E-state index in [1.807, 2.05) is 66.7 Å². The van der Waals surface area contributed by atoms with E-state index in [0.717, 1.165) is 21.2 Å². The van der Waals surface area contributed by atoms with Crippen molar-refractivity contribution in [2.24, 2.45) is 0 Å². The normalized spacial score (nSPS) is 12.1. The minimum absolute atomic E-state index is 0.620. The molecule has 0 amide bonds. The standard InChI is InChI=1S/C19H15BrO/c20-18-9-5-4-8-17(18)19(21)16-12-10-15(11-13-16)14-6-2-1-3-7-14/h1-13,19,21H/t19-/m1/s1. The van der Waals surface area contributed by atoms with Crippen LogP contribution < -0.4 is 0 Å². The quantitative estimate of drug-likeness (QED) is 0.696. The molecule has 0 saturated carbocycles. The maximum Gasteiger partial charge on any atom is 0.105 e. The summed E-state index contributed by atoms with van der Waals surface area (Å²) in [5.74, 6) is 0. The van der Waals surface area contributed by atoms with Gasteiger partial charge in [-0.15, -0.1) is 0 Å². The first kappa shape index (κ1) is 14.1. The van der Waals surface area contributed by atoms with Crippen molar-refractivity contribution in [2.45, 2.75) is 6.10 Å². The highest BCUT2D eigenvalue weighted by Crippen LogP contribution is 2.29. The maximum atomic E-state index is 10.5. The van der Waals surface area contributed by atoms with E-state index in [1.54, 1.807) is 0 Å². The van der Waals surface area contributed by atoms with E-state index in [4.69, 9.17) is 0 Å². The fourth-order valence-electron chi connectivity index (χ4n) is 2.36. The molecule has 2 heteroatoms. The molecule has 0 fully saturated rings. The Morgan fingerprint density at radius 1 is 0.667 bits per heavy atom. The van der Waals surface area contributed by atoms with Gasteiger partial charge in [0.15, 0.2) is 0 Å². The highest BCUT2D eigenvalue weighted by atomic mass is 79.9. The van der Waals surface area contributed by atoms with Crippen LogP contribution in [0.2, 0.25) is 0 Å². The predicted octanol–water partition coefficient (Wildman–Crippen LogP) is 5.20. The van der Waals surface area contributed by atoms with Crippen molar-refractivity contribution in [3.63, 3.8) is 0 Å². The molecule has 3 rings (SSSR count). The summed E-state index contributed by atoms with van der Waals surface area (Å²) < 4.78 is 0.921. The van der Waals surface area contributed by atoms with Crippen LogP contribution >= 0.6 is 15.9 Å². The second kappa shape index (κ2) is 6.25. The molecular weight excluding hydrogens is 324 g/mol. The second-order valence-corrected chi connectivity index (χ2v) is 5.77. The van der Waals surface area contributed by atoms with Crippen molar-refractivity contribution in [3.05, 3.63) is 94.5 Å². The largest absolute Gasteiger partial charge is 0.384 e. The van der Waals surface area contributed by atoms with Crippen LogP contribution in [0.5, 0.6) is 0 Å². The van der Waals surface area contributed by atoms with Crippen molar-refractivity contribution in [2.75, 3.05) is 0 Å². The first-order chi connectivity index (χ1) is 10.3. The van der Waals surface area contributed by atoms with Gasteiger partial charge < -0.3 is 5.11 Å². The molecule has 0 aromatic heterocycles. The Morgan fingerprint density at radius 2 is 1.24 bits per heavy atom. The summed E-state index contributed by atoms with van der Waals surface area (Å²) in [4.78, 5) is 0. The number of benzene rings is 3. The third-order valence-corrected chi connectivity index (χ3v) is 4.26. The molecule has 21 heavy (non-hydrogen) atoms. The Labute approximate surface area is 133 Å². The molecule has 1 N–H and O–H groups in total. The highest BCUT2D eigenvalue weighted by Gasteiger charge is 2.13. The van der Waals surface area contributed by atoms with Crippen molar-refractivity contribution in [1.82, 2.24) is 0 Å². The molecular formula is C19H15BrO. The first-order valence-electron chi connectivity index (χ1n) is 6.83. The SMILES string of the molecule is O[C@H](c1ccc(-c2ccccc2)cc1)c1ccccc1Br. The lowest BCUT2D eigenvalue weighted by atomic mass is 9.98. The minimum atomic E-state index is -0.620. The van der Waals surface area contributed by atoms with Crippen molar-refractivity contribution in [1.29, 1.82) is 0 Å². The van der Waals surface area contributed by atoms with E-state index in [-0.39, 0.29) is 0 Å². The number of aliphatic hydroxyl groups is 1. The smallest absolute Gasteiger partial charge is 0.105 e. The molecule has 3 aromatic rings. The topological polar surface area (TPSA) is 20.2 Å². The number of halogens is 1. The van der Waals surface area contributed by atoms with Gasteiger partial charge in [-0.1, -0.05) is 88.7 Å². The van der Waals surface area contributed by atoms with Crippen LogP contribution in [0.15, 0.2) is 83.3 Å². The Bertz CT molecular complexity index is 720. The number of rotatable bonds is 3. The zero-order valence-corrected chi connectivity index (χ0v) is 13.0. The first-order valence-corrected chi connectivity index (χ1v) is 7.63. The fourth-order valence-corrected chi connectivity index (χ4v) is 2.87. The van der Waals surface area contributed by atoms with Crippen LogP contribution in [0.1, 0.15) is 17.2 Å². The monoisotopic (exact) mass is 338 g/mol. The van der Waals surface area contributed by atoms with Crippen molar-refractivity contribution >= 4 is 15.9 Å². The third kappa shape index (κ3) is 3.07. The van der Waals surface area contributed by atoms with Gasteiger partial charge in [0.25, 0.3) is 0 Å². The summed E-state index contributed by atoms with van der Waals surface area (Å²) in [6.45, 7) is 0. The maximum absolute atomic E-state index is 10.5. The molecule has 0 heterocycles. The summed E-state index contributed by atoms with van der Waals surface area (Å²) in [5, 5.41) is 10.5. The average molecular weight is 339 g/mol. The molecule has 0 unspecified atom stereocenters. The number of hydrogen-bond acceptors (Lipinski definition) is 1. The summed E-state index contributed by atoms with van der Waals surface area (Å²) in [6.07, 6.45) is -0.620. The van der Waals surface area contributed by atoms with Crippen LogP contribution in [0.25, 0.3) is 11.1 Å². The predicted molar refractivity (Wildman–Crippen MR) is 90.1 cm³/mol. The zero-order chi connectivity index (χ0) is 14.7. The Hall–Kier alpha value is -1.90. The zero-order valence-electron chi connectivity index (χ0n) is 11.4. The van der Waals surface area contributed by atoms with Crippen LogP contribution in [0.3, 0.4) is 0 Å². The summed E-state index contributed by atoms with van der Waals surface area (Å²) in [6, 6.07) is 26.0. The van der Waals surface area contributed by atoms with Gasteiger partial charge in [-0.2, -0.15) is 0 Å². The number of hydrogen-bond donors (Lipinski definition) is 1. The van der Waals surface area contributed by atoms with Gasteiger partial charge in [-0.3, -0.25) is 0 Å². The molecule has 0 aliphatic rings. The van der Waals surface area contributed by atoms with Gasteiger partial charge in [0.1, 0.15) is 6.10 Å². The molecule has 1 atom stereocenters. The lowest BCUT2D eigenvalue weighted by Crippen LogP contribution is -2.00. The molecule has 0 bridgehead atoms. The van der Waals surface area contributed by atoms with E-state index >= 15 is 0 Å². The molecule has 0 radical (unpaired) electrons. The molecule has 3 aromatic carbocycles. The average Bonchev–Trinajstić information content (AvgIpc) is 2.56. The molecule has 0 aliphatic heterocycles. The lowest BCUT2D eigenvalue weighted by Gasteiger charge is -2.14. The Balaban J connectivity index is 1.89. The third-order valence-electron chi connectivity index (χ3n) is 3.53. The molecule has 104 valence electrons. The minimum Gasteiger partial charge on any atom is -0.384 e. The van der Waals surface area contributed by atoms with Gasteiger partial charge in [-0.25, -0.2) is 0 Å². The second-order valence-electron chi connectivity index (χ2n) is 4.91. The summed E-state index contributed by atoms with van der Waals surface area (Å²) in [7, 11) is 0. The van der Waals surface area contributed by atoms with Crippen LogP contribution in [-0.4, -0.2) is 5.11 Å². The van der Waals surface area contributed by atoms with Crippen LogP contribution in [-0.2, 0) is 0 Å². The van der Waals surface area contributed by atoms with E-state index in [9.17, 15) is 5.11 Å². The fraction of sp³-hybridized carbons (Fsp3) is 0.0526. The molecule has 1 nitrogen and oxygen atoms in total. The van der Waals surface area contributed by atoms with Gasteiger partial charge >= 0.3 is 0 Å². The Morgan fingerprint density at radius 3 is 1.90 bits per heavy atom. The molecule has 0 spiro atoms. The van der Waals surface area contributed by atoms with E-state index in [1.165, 1.54) is 5.56 Å². The highest BCUT2D eigenvalue weighted by molar-refractivity contribution is 9.10. The van der Waals surface area contributed by atoms with E-state index < -0.39 is 6.10 Å². The molecule has 0 saturated heterocycles. The van der Waals surface area contributed by atoms with Gasteiger partial charge in [0.2, 0.25) is 0 Å². The van der Waals surface area contributed by atoms with E-state index in [2.05, 4.69) is 28.1 Å². The van der Waals surface area contributed by atoms with Crippen LogP contribution in [0, 0.1) is 0 Å². The van der Waals surface area contributed by atoms with Crippen molar-refractivity contribution < 1.29 is 5.11 Å². The number of aliphatic hydroxyl groups excluding tert-OH is 1. The van der Waals surface area contributed by atoms with Crippen molar-refractivity contribution in [3.8, 4) is 11.1 Å². The van der Waals surface area contributed by atoms with E-state index in [0.29, 0.717) is 0 Å². The summed E-state index contributed by atoms with van der Waals surface area (Å²) in [5.41, 5.74) is 4.10. The van der Waals surface area contributed by atoms with Crippen LogP contribution in [0.4, 0.5) is 0 Å². The molecule has 0 aliphatic carbocycles. The summed E-state index contributed by atoms with van der Waals surface area (Å²) >= 11 is 3.49. The lowest BCUT2D eigenvalue weighted by molar-refractivity contribution is 0.219. The Kier molecular flexibility index (Phi) is 4.18. The van der Waals surface area contributed by atoms with Gasteiger partial charge in [0.05, 0.1) is 0 Å².